The first-order valence-electron chi connectivity index (χ1n) is 5.78. The molecule has 0 spiro atoms. The number of nitrogens with one attached hydrogen (secondary N) is 1. The van der Waals surface area contributed by atoms with Crippen LogP contribution in [0.25, 0.3) is 10.9 Å². The Bertz CT molecular complexity index is 682. The van der Waals surface area contributed by atoms with Gasteiger partial charge in [0, 0.05) is 11.6 Å². The number of pyridine rings is 1. The second kappa shape index (κ2) is 5.83. The maximum atomic E-state index is 11.5. The first-order valence-corrected chi connectivity index (χ1v) is 5.78. The molecule has 20 heavy (non-hydrogen) atoms. The van der Waals surface area contributed by atoms with Crippen molar-refractivity contribution in [1.29, 1.82) is 0 Å². The number of carbonyl (C=O) groups is 2. The second-order valence-corrected chi connectivity index (χ2v) is 3.92. The van der Waals surface area contributed by atoms with E-state index in [4.69, 9.17) is 9.84 Å². The number of benzene rings is 1. The molecule has 0 atom stereocenters. The lowest BCUT2D eigenvalue weighted by Gasteiger charge is -2.08. The fraction of sp³-hybridized carbons (Fsp3) is 0.0714. The standard InChI is InChI=1S/C14H12N2O4/c1-2-6-20-14(19)16-11-5-3-4-9-7-10(13(17)18)8-15-12(9)11/h2-5,7-8H,1,6H2,(H,16,19)(H,17,18). The highest BCUT2D eigenvalue weighted by molar-refractivity contribution is 6.00. The van der Waals surface area contributed by atoms with Crippen molar-refractivity contribution >= 4 is 28.7 Å². The third-order valence-corrected chi connectivity index (χ3v) is 2.53. The molecule has 0 fully saturated rings. The number of nitrogens with zero attached hydrogens (tertiary/aromatic N) is 1. The van der Waals surface area contributed by atoms with Gasteiger partial charge in [-0.15, -0.1) is 0 Å². The number of para-hydroxylation sites is 1. The summed E-state index contributed by atoms with van der Waals surface area (Å²) in [4.78, 5) is 26.4. The average molecular weight is 272 g/mol. The third-order valence-electron chi connectivity index (χ3n) is 2.53. The van der Waals surface area contributed by atoms with E-state index < -0.39 is 12.1 Å². The van der Waals surface area contributed by atoms with Crippen LogP contribution in [0.4, 0.5) is 10.5 Å². The van der Waals surface area contributed by atoms with Crippen LogP contribution in [0.5, 0.6) is 0 Å². The normalized spacial score (nSPS) is 10.0. The molecule has 0 aliphatic carbocycles. The van der Waals surface area contributed by atoms with Crippen LogP contribution < -0.4 is 5.32 Å². The van der Waals surface area contributed by atoms with Crippen molar-refractivity contribution in [3.05, 3.63) is 48.7 Å². The molecule has 0 saturated heterocycles. The lowest BCUT2D eigenvalue weighted by atomic mass is 10.1. The SMILES string of the molecule is C=CCOC(=O)Nc1cccc2cc(C(=O)O)cnc12. The molecular formula is C14H12N2O4. The van der Waals surface area contributed by atoms with E-state index >= 15 is 0 Å². The molecule has 0 unspecified atom stereocenters. The van der Waals surface area contributed by atoms with Gasteiger partial charge in [0.15, 0.2) is 0 Å². The largest absolute Gasteiger partial charge is 0.478 e. The van der Waals surface area contributed by atoms with E-state index in [-0.39, 0.29) is 12.2 Å². The zero-order valence-electron chi connectivity index (χ0n) is 10.5. The highest BCUT2D eigenvalue weighted by Gasteiger charge is 2.09. The van der Waals surface area contributed by atoms with Gasteiger partial charge in [-0.05, 0) is 12.1 Å². The van der Waals surface area contributed by atoms with Crippen LogP contribution in [0.15, 0.2) is 43.1 Å². The first kappa shape index (κ1) is 13.5. The van der Waals surface area contributed by atoms with Crippen LogP contribution in [-0.4, -0.2) is 28.8 Å². The van der Waals surface area contributed by atoms with Gasteiger partial charge >= 0.3 is 12.1 Å². The van der Waals surface area contributed by atoms with Crippen molar-refractivity contribution in [2.75, 3.05) is 11.9 Å². The molecule has 1 aromatic heterocycles. The zero-order chi connectivity index (χ0) is 14.5. The molecule has 0 aliphatic heterocycles. The van der Waals surface area contributed by atoms with Crippen molar-refractivity contribution in [3.8, 4) is 0 Å². The quantitative estimate of drug-likeness (QED) is 0.835. The fourth-order valence-corrected chi connectivity index (χ4v) is 1.66. The molecule has 6 nitrogen and oxygen atoms in total. The molecule has 0 aliphatic rings. The van der Waals surface area contributed by atoms with E-state index in [1.807, 2.05) is 0 Å². The summed E-state index contributed by atoms with van der Waals surface area (Å²) in [7, 11) is 0. The number of ether oxygens (including phenoxy) is 1. The van der Waals surface area contributed by atoms with Crippen molar-refractivity contribution in [1.82, 2.24) is 4.98 Å². The molecule has 1 heterocycles. The zero-order valence-corrected chi connectivity index (χ0v) is 10.5. The molecule has 2 rings (SSSR count). The van der Waals surface area contributed by atoms with Gasteiger partial charge in [0.25, 0.3) is 0 Å². The predicted molar refractivity (Wildman–Crippen MR) is 73.9 cm³/mol. The first-order chi connectivity index (χ1) is 9.61. The van der Waals surface area contributed by atoms with E-state index in [0.717, 1.165) is 0 Å². The number of hydrogen-bond acceptors (Lipinski definition) is 4. The smallest absolute Gasteiger partial charge is 0.412 e. The van der Waals surface area contributed by atoms with E-state index in [2.05, 4.69) is 16.9 Å². The number of amides is 1. The van der Waals surface area contributed by atoms with Crippen LogP contribution in [0.1, 0.15) is 10.4 Å². The number of carboxylic acid groups (broad SMARTS) is 1. The number of rotatable bonds is 4. The maximum Gasteiger partial charge on any atom is 0.412 e. The molecule has 2 N–H and O–H groups in total. The molecule has 6 heteroatoms. The molecule has 0 radical (unpaired) electrons. The minimum absolute atomic E-state index is 0.0869. The molecule has 0 bridgehead atoms. The summed E-state index contributed by atoms with van der Waals surface area (Å²) >= 11 is 0. The lowest BCUT2D eigenvalue weighted by molar-refractivity contribution is 0.0696. The molecule has 102 valence electrons. The van der Waals surface area contributed by atoms with E-state index in [9.17, 15) is 9.59 Å². The number of aromatic nitrogens is 1. The Morgan fingerprint density at radius 2 is 2.25 bits per heavy atom. The van der Waals surface area contributed by atoms with Gasteiger partial charge in [0.05, 0.1) is 16.8 Å². The van der Waals surface area contributed by atoms with Gasteiger partial charge in [0.2, 0.25) is 0 Å². The van der Waals surface area contributed by atoms with Crippen LogP contribution in [-0.2, 0) is 4.74 Å². The summed E-state index contributed by atoms with van der Waals surface area (Å²) in [6.45, 7) is 3.55. The minimum Gasteiger partial charge on any atom is -0.478 e. The molecule has 2 aromatic rings. The summed E-state index contributed by atoms with van der Waals surface area (Å²) < 4.78 is 4.82. The number of carbonyl (C=O) groups excluding carboxylic acids is 1. The molecular weight excluding hydrogens is 260 g/mol. The predicted octanol–water partition coefficient (Wildman–Crippen LogP) is 2.67. The Balaban J connectivity index is 2.32. The van der Waals surface area contributed by atoms with Crippen LogP contribution in [0, 0.1) is 0 Å². The van der Waals surface area contributed by atoms with Crippen molar-refractivity contribution in [2.45, 2.75) is 0 Å². The highest BCUT2D eigenvalue weighted by atomic mass is 16.5. The summed E-state index contributed by atoms with van der Waals surface area (Å²) in [5, 5.41) is 12.1. The number of hydrogen-bond donors (Lipinski definition) is 2. The molecule has 1 aromatic carbocycles. The van der Waals surface area contributed by atoms with Gasteiger partial charge < -0.3 is 9.84 Å². The maximum absolute atomic E-state index is 11.5. The minimum atomic E-state index is -1.05. The van der Waals surface area contributed by atoms with Crippen molar-refractivity contribution < 1.29 is 19.4 Å². The van der Waals surface area contributed by atoms with Crippen molar-refractivity contribution in [2.24, 2.45) is 0 Å². The number of anilines is 1. The van der Waals surface area contributed by atoms with E-state index in [1.165, 1.54) is 18.3 Å². The third kappa shape index (κ3) is 2.92. The number of fused-ring (bicyclic) bond motifs is 1. The fourth-order valence-electron chi connectivity index (χ4n) is 1.66. The van der Waals surface area contributed by atoms with Gasteiger partial charge in [0.1, 0.15) is 6.61 Å². The highest BCUT2D eigenvalue weighted by Crippen LogP contribution is 2.22. The summed E-state index contributed by atoms with van der Waals surface area (Å²) in [5.74, 6) is -1.05. The van der Waals surface area contributed by atoms with Crippen LogP contribution in [0.2, 0.25) is 0 Å². The van der Waals surface area contributed by atoms with Crippen molar-refractivity contribution in [3.63, 3.8) is 0 Å². The van der Waals surface area contributed by atoms with E-state index in [0.29, 0.717) is 16.6 Å². The monoisotopic (exact) mass is 272 g/mol. The Labute approximate surface area is 114 Å². The lowest BCUT2D eigenvalue weighted by Crippen LogP contribution is -2.14. The number of aromatic carboxylic acids is 1. The van der Waals surface area contributed by atoms with Crippen LogP contribution in [0.3, 0.4) is 0 Å². The Hall–Kier alpha value is -2.89. The summed E-state index contributed by atoms with van der Waals surface area (Å²) in [6, 6.07) is 6.56. The second-order valence-electron chi connectivity index (χ2n) is 3.92. The average Bonchev–Trinajstić information content (AvgIpc) is 2.44. The molecule has 1 amide bonds. The van der Waals surface area contributed by atoms with Gasteiger partial charge in [-0.2, -0.15) is 0 Å². The topological polar surface area (TPSA) is 88.5 Å². The Kier molecular flexibility index (Phi) is 3.95. The van der Waals surface area contributed by atoms with Crippen LogP contribution >= 0.6 is 0 Å². The summed E-state index contributed by atoms with van der Waals surface area (Å²) in [6.07, 6.45) is 2.08. The summed E-state index contributed by atoms with van der Waals surface area (Å²) in [5.41, 5.74) is 1.03. The van der Waals surface area contributed by atoms with Gasteiger partial charge in [-0.25, -0.2) is 9.59 Å². The van der Waals surface area contributed by atoms with E-state index in [1.54, 1.807) is 18.2 Å². The van der Waals surface area contributed by atoms with Gasteiger partial charge in [-0.3, -0.25) is 10.3 Å². The Morgan fingerprint density at radius 1 is 1.45 bits per heavy atom. The molecule has 0 saturated carbocycles. The van der Waals surface area contributed by atoms with Gasteiger partial charge in [-0.1, -0.05) is 24.8 Å². The Morgan fingerprint density at radius 3 is 2.95 bits per heavy atom. The number of carboxylic acids is 1.